The molecule has 2 aromatic rings. The second-order valence-corrected chi connectivity index (χ2v) is 5.40. The van der Waals surface area contributed by atoms with E-state index in [2.05, 4.69) is 10.3 Å². The molecule has 0 saturated heterocycles. The van der Waals surface area contributed by atoms with Crippen LogP contribution in [-0.2, 0) is 5.54 Å². The van der Waals surface area contributed by atoms with Crippen LogP contribution in [0, 0.1) is 15.9 Å². The van der Waals surface area contributed by atoms with Gasteiger partial charge in [0.25, 0.3) is 0 Å². The van der Waals surface area contributed by atoms with Crippen molar-refractivity contribution in [1.82, 2.24) is 4.98 Å². The number of nitro groups is 1. The van der Waals surface area contributed by atoms with Crippen molar-refractivity contribution in [2.45, 2.75) is 19.4 Å². The summed E-state index contributed by atoms with van der Waals surface area (Å²) in [6, 6.07) is 8.53. The van der Waals surface area contributed by atoms with Gasteiger partial charge in [-0.3, -0.25) is 10.1 Å². The first-order valence-electron chi connectivity index (χ1n) is 6.15. The second-order valence-electron chi connectivity index (χ2n) is 5.02. The van der Waals surface area contributed by atoms with E-state index in [4.69, 9.17) is 11.6 Å². The normalized spacial score (nSPS) is 11.2. The smallest absolute Gasteiger partial charge is 0.311 e. The van der Waals surface area contributed by atoms with E-state index in [1.807, 2.05) is 13.8 Å². The summed E-state index contributed by atoms with van der Waals surface area (Å²) < 4.78 is 13.0. The third kappa shape index (κ3) is 3.46. The largest absolute Gasteiger partial charge is 0.355 e. The van der Waals surface area contributed by atoms with Crippen molar-refractivity contribution in [3.8, 4) is 0 Å². The monoisotopic (exact) mass is 309 g/mol. The molecular formula is C14H13ClFN3O2. The van der Waals surface area contributed by atoms with Crippen LogP contribution in [0.2, 0.25) is 5.15 Å². The van der Waals surface area contributed by atoms with Crippen molar-refractivity contribution in [3.05, 3.63) is 63.0 Å². The maximum atomic E-state index is 13.0. The van der Waals surface area contributed by atoms with Gasteiger partial charge in [-0.25, -0.2) is 9.37 Å². The molecule has 0 atom stereocenters. The molecule has 0 amide bonds. The van der Waals surface area contributed by atoms with E-state index < -0.39 is 10.5 Å². The van der Waals surface area contributed by atoms with Crippen molar-refractivity contribution in [2.24, 2.45) is 0 Å². The number of hydrogen-bond acceptors (Lipinski definition) is 4. The molecular weight excluding hydrogens is 297 g/mol. The van der Waals surface area contributed by atoms with Crippen molar-refractivity contribution in [1.29, 1.82) is 0 Å². The topological polar surface area (TPSA) is 68.1 Å². The number of anilines is 1. The Labute approximate surface area is 125 Å². The molecule has 0 spiro atoms. The van der Waals surface area contributed by atoms with Gasteiger partial charge in [-0.1, -0.05) is 23.7 Å². The molecule has 5 nitrogen and oxygen atoms in total. The molecule has 7 heteroatoms. The van der Waals surface area contributed by atoms with E-state index in [-0.39, 0.29) is 22.5 Å². The molecule has 1 aromatic carbocycles. The minimum atomic E-state index is -0.684. The van der Waals surface area contributed by atoms with Crippen molar-refractivity contribution in [2.75, 3.05) is 5.32 Å². The standard InChI is InChI=1S/C14H13ClFN3O2/c1-14(2,9-3-5-10(16)6-4-9)18-13-11(19(20)21)7-8-12(15)17-13/h3-8H,1-2H3,(H,17,18). The summed E-state index contributed by atoms with van der Waals surface area (Å²) in [5.41, 5.74) is -0.0922. The zero-order chi connectivity index (χ0) is 15.6. The predicted octanol–water partition coefficient (Wildman–Crippen LogP) is 4.13. The highest BCUT2D eigenvalue weighted by Gasteiger charge is 2.25. The van der Waals surface area contributed by atoms with Crippen LogP contribution in [0.1, 0.15) is 19.4 Å². The highest BCUT2D eigenvalue weighted by atomic mass is 35.5. The second kappa shape index (κ2) is 5.65. The van der Waals surface area contributed by atoms with Crippen LogP contribution in [-0.4, -0.2) is 9.91 Å². The summed E-state index contributed by atoms with van der Waals surface area (Å²) in [4.78, 5) is 14.5. The number of nitrogens with one attached hydrogen (secondary N) is 1. The third-order valence-corrected chi connectivity index (χ3v) is 3.24. The lowest BCUT2D eigenvalue weighted by Crippen LogP contribution is -2.28. The van der Waals surface area contributed by atoms with Crippen LogP contribution in [0.25, 0.3) is 0 Å². The van der Waals surface area contributed by atoms with Gasteiger partial charge in [0.2, 0.25) is 5.82 Å². The fourth-order valence-electron chi connectivity index (χ4n) is 1.90. The lowest BCUT2D eigenvalue weighted by molar-refractivity contribution is -0.384. The molecule has 0 aliphatic heterocycles. The van der Waals surface area contributed by atoms with Gasteiger partial charge in [0.1, 0.15) is 11.0 Å². The highest BCUT2D eigenvalue weighted by molar-refractivity contribution is 6.29. The average Bonchev–Trinajstić information content (AvgIpc) is 2.38. The maximum Gasteiger partial charge on any atom is 0.311 e. The van der Waals surface area contributed by atoms with Crippen LogP contribution in [0.5, 0.6) is 0 Å². The summed E-state index contributed by atoms with van der Waals surface area (Å²) in [7, 11) is 0. The van der Waals surface area contributed by atoms with Crippen molar-refractivity contribution >= 4 is 23.1 Å². The number of benzene rings is 1. The fraction of sp³-hybridized carbons (Fsp3) is 0.214. The molecule has 0 radical (unpaired) electrons. The van der Waals surface area contributed by atoms with E-state index in [1.54, 1.807) is 12.1 Å². The summed E-state index contributed by atoms with van der Waals surface area (Å²) in [5, 5.41) is 14.2. The number of pyridine rings is 1. The predicted molar refractivity (Wildman–Crippen MR) is 79.0 cm³/mol. The van der Waals surface area contributed by atoms with Crippen LogP contribution in [0.4, 0.5) is 15.9 Å². The van der Waals surface area contributed by atoms with Crippen LogP contribution < -0.4 is 5.32 Å². The highest BCUT2D eigenvalue weighted by Crippen LogP contribution is 2.31. The summed E-state index contributed by atoms with van der Waals surface area (Å²) in [6.07, 6.45) is 0. The Bertz CT molecular complexity index is 674. The van der Waals surface area contributed by atoms with Gasteiger partial charge in [0.15, 0.2) is 0 Å². The summed E-state index contributed by atoms with van der Waals surface area (Å²) in [6.45, 7) is 3.62. The van der Waals surface area contributed by atoms with E-state index in [9.17, 15) is 14.5 Å². The zero-order valence-corrected chi connectivity index (χ0v) is 12.2. The van der Waals surface area contributed by atoms with Gasteiger partial charge in [-0.15, -0.1) is 0 Å². The van der Waals surface area contributed by atoms with E-state index in [0.717, 1.165) is 5.56 Å². The summed E-state index contributed by atoms with van der Waals surface area (Å²) in [5.74, 6) is -0.275. The van der Waals surface area contributed by atoms with E-state index in [0.29, 0.717) is 0 Å². The lowest BCUT2D eigenvalue weighted by Gasteiger charge is -2.27. The van der Waals surface area contributed by atoms with E-state index >= 15 is 0 Å². The van der Waals surface area contributed by atoms with Gasteiger partial charge in [-0.05, 0) is 37.6 Å². The Kier molecular flexibility index (Phi) is 4.09. The van der Waals surface area contributed by atoms with E-state index in [1.165, 1.54) is 24.3 Å². The Morgan fingerprint density at radius 2 is 1.86 bits per heavy atom. The van der Waals surface area contributed by atoms with Gasteiger partial charge in [-0.2, -0.15) is 0 Å². The van der Waals surface area contributed by atoms with Crippen LogP contribution in [0.3, 0.4) is 0 Å². The Hall–Kier alpha value is -2.21. The molecule has 21 heavy (non-hydrogen) atoms. The van der Waals surface area contributed by atoms with Gasteiger partial charge in [0.05, 0.1) is 10.5 Å². The molecule has 110 valence electrons. The molecule has 1 heterocycles. The van der Waals surface area contributed by atoms with Gasteiger partial charge < -0.3 is 5.32 Å². The van der Waals surface area contributed by atoms with Crippen molar-refractivity contribution < 1.29 is 9.31 Å². The molecule has 0 bridgehead atoms. The minimum absolute atomic E-state index is 0.0711. The molecule has 0 fully saturated rings. The van der Waals surface area contributed by atoms with Gasteiger partial charge in [0, 0.05) is 6.07 Å². The quantitative estimate of drug-likeness (QED) is 0.524. The van der Waals surface area contributed by atoms with Crippen LogP contribution >= 0.6 is 11.6 Å². The maximum absolute atomic E-state index is 13.0. The molecule has 0 aliphatic rings. The molecule has 1 N–H and O–H groups in total. The van der Waals surface area contributed by atoms with Crippen LogP contribution in [0.15, 0.2) is 36.4 Å². The zero-order valence-electron chi connectivity index (χ0n) is 11.4. The SMILES string of the molecule is CC(C)(Nc1nc(Cl)ccc1[N+](=O)[O-])c1ccc(F)cc1. The minimum Gasteiger partial charge on any atom is -0.355 e. The molecule has 1 aromatic heterocycles. The average molecular weight is 310 g/mol. The summed E-state index contributed by atoms with van der Waals surface area (Å²) >= 11 is 5.79. The Morgan fingerprint density at radius 3 is 2.43 bits per heavy atom. The molecule has 2 rings (SSSR count). The molecule has 0 unspecified atom stereocenters. The number of rotatable bonds is 4. The first-order chi connectivity index (χ1) is 9.79. The third-order valence-electron chi connectivity index (χ3n) is 3.03. The Balaban J connectivity index is 2.38. The molecule has 0 aliphatic carbocycles. The Morgan fingerprint density at radius 1 is 1.24 bits per heavy atom. The number of aromatic nitrogens is 1. The number of hydrogen-bond donors (Lipinski definition) is 1. The lowest BCUT2D eigenvalue weighted by atomic mass is 9.94. The first kappa shape index (κ1) is 15.2. The van der Waals surface area contributed by atoms with Crippen molar-refractivity contribution in [3.63, 3.8) is 0 Å². The number of nitrogens with zero attached hydrogens (tertiary/aromatic N) is 2. The first-order valence-corrected chi connectivity index (χ1v) is 6.52. The van der Waals surface area contributed by atoms with Gasteiger partial charge >= 0.3 is 5.69 Å². The number of halogens is 2. The fourth-order valence-corrected chi connectivity index (χ4v) is 2.05. The molecule has 0 saturated carbocycles.